The third-order valence-corrected chi connectivity index (χ3v) is 12.0. The van der Waals surface area contributed by atoms with Crippen LogP contribution in [0.1, 0.15) is 210 Å². The summed E-state index contributed by atoms with van der Waals surface area (Å²) >= 11 is 0. The van der Waals surface area contributed by atoms with Crippen LogP contribution in [0.15, 0.2) is 60.7 Å². The summed E-state index contributed by atoms with van der Waals surface area (Å²) in [5.74, 6) is 0.294. The van der Waals surface area contributed by atoms with Gasteiger partial charge in [-0.25, -0.2) is 19.2 Å². The third kappa shape index (κ3) is 36.3. The number of rotatable bonds is 43. The molecule has 0 unspecified atom stereocenters. The summed E-state index contributed by atoms with van der Waals surface area (Å²) in [6.45, 7) is 6.57. The fourth-order valence-corrected chi connectivity index (χ4v) is 8.02. The number of benzene rings is 2. The van der Waals surface area contributed by atoms with Crippen LogP contribution < -0.4 is 21.3 Å². The Morgan fingerprint density at radius 1 is 0.343 bits per heavy atom. The average Bonchev–Trinajstić information content (AvgIpc) is 3.34. The van der Waals surface area contributed by atoms with Crippen molar-refractivity contribution in [2.45, 2.75) is 199 Å². The Bertz CT molecular complexity index is 1430. The highest BCUT2D eigenvalue weighted by Gasteiger charge is 2.14. The van der Waals surface area contributed by atoms with Gasteiger partial charge in [0.05, 0.1) is 26.4 Å². The highest BCUT2D eigenvalue weighted by atomic mass is 16.6. The van der Waals surface area contributed by atoms with Gasteiger partial charge < -0.3 is 40.2 Å². The van der Waals surface area contributed by atoms with Gasteiger partial charge in [-0.2, -0.15) is 0 Å². The van der Waals surface area contributed by atoms with E-state index >= 15 is 0 Å². The molecule has 0 radical (unpaired) electrons. The van der Waals surface area contributed by atoms with Crippen LogP contribution in [0.25, 0.3) is 0 Å². The minimum atomic E-state index is -0.319. The maximum absolute atomic E-state index is 12.2. The zero-order chi connectivity index (χ0) is 47.9. The van der Waals surface area contributed by atoms with Crippen LogP contribution in [0.4, 0.5) is 19.2 Å². The molecule has 4 amide bonds. The average molecular weight is 937 g/mol. The molecule has 0 atom stereocenters. The maximum Gasteiger partial charge on any atom is 0.407 e. The molecule has 0 saturated carbocycles. The molecule has 0 fully saturated rings. The lowest BCUT2D eigenvalue weighted by molar-refractivity contribution is 0.142. The lowest BCUT2D eigenvalue weighted by atomic mass is 9.88. The first-order chi connectivity index (χ1) is 33.0. The van der Waals surface area contributed by atoms with Gasteiger partial charge in [0.25, 0.3) is 0 Å². The molecule has 0 heterocycles. The second-order valence-electron chi connectivity index (χ2n) is 18.0. The summed E-state index contributed by atoms with van der Waals surface area (Å²) < 4.78 is 21.2. The van der Waals surface area contributed by atoms with Crippen LogP contribution >= 0.6 is 0 Å². The van der Waals surface area contributed by atoms with E-state index in [0.29, 0.717) is 58.5 Å². The van der Waals surface area contributed by atoms with Gasteiger partial charge in [-0.3, -0.25) is 0 Å². The molecule has 0 spiro atoms. The number of alkyl carbamates (subject to hydrolysis) is 4. The van der Waals surface area contributed by atoms with E-state index in [1.54, 1.807) is 0 Å². The van der Waals surface area contributed by atoms with E-state index in [-0.39, 0.29) is 24.4 Å². The molecule has 67 heavy (non-hydrogen) atoms. The van der Waals surface area contributed by atoms with Crippen molar-refractivity contribution >= 4 is 24.4 Å². The Kier molecular flexibility index (Phi) is 38.6. The summed E-state index contributed by atoms with van der Waals surface area (Å²) in [7, 11) is 0. The molecule has 0 aliphatic carbocycles. The third-order valence-electron chi connectivity index (χ3n) is 12.0. The molecule has 0 aromatic heterocycles. The molecule has 4 N–H and O–H groups in total. The van der Waals surface area contributed by atoms with Gasteiger partial charge in [0, 0.05) is 32.1 Å². The standard InChI is InChI=1S/C55H92N4O8/c1-2-3-45-64-52(60)56-41-31-19-13-14-20-32-43-58-54(62)66-47-34-22-16-10-5-4-9-15-21-33-46-65-53(61)57-42-29-17-11-7-6-8-12-18-30-44-59-55(63)67-48-35-40-51(49-36-25-23-26-37-49)50-38-27-24-28-39-50/h23-28,36-39,51H,2-22,29-35,40-48H2,1H3,(H,56,60)(H,57,61)(H,58,62)(H,59,63). The monoisotopic (exact) mass is 937 g/mol. The van der Waals surface area contributed by atoms with Crippen molar-refractivity contribution < 1.29 is 38.1 Å². The number of ether oxygens (including phenoxy) is 4. The van der Waals surface area contributed by atoms with Gasteiger partial charge in [-0.05, 0) is 68.9 Å². The molecule has 0 saturated heterocycles. The summed E-state index contributed by atoms with van der Waals surface area (Å²) in [5.41, 5.74) is 2.57. The summed E-state index contributed by atoms with van der Waals surface area (Å²) in [6.07, 6.45) is 30.1. The van der Waals surface area contributed by atoms with Gasteiger partial charge in [0.1, 0.15) is 0 Å². The Balaban J connectivity index is 1.22. The Morgan fingerprint density at radius 3 is 0.896 bits per heavy atom. The maximum atomic E-state index is 12.2. The minimum Gasteiger partial charge on any atom is -0.450 e. The van der Waals surface area contributed by atoms with E-state index in [4.69, 9.17) is 18.9 Å². The van der Waals surface area contributed by atoms with Crippen molar-refractivity contribution in [1.82, 2.24) is 21.3 Å². The Hall–Kier alpha value is -4.48. The van der Waals surface area contributed by atoms with Gasteiger partial charge in [0.15, 0.2) is 0 Å². The van der Waals surface area contributed by atoms with Crippen molar-refractivity contribution in [2.75, 3.05) is 52.6 Å². The van der Waals surface area contributed by atoms with Crippen molar-refractivity contribution in [1.29, 1.82) is 0 Å². The van der Waals surface area contributed by atoms with E-state index in [2.05, 4.69) is 76.7 Å². The lowest BCUT2D eigenvalue weighted by Gasteiger charge is -2.18. The molecule has 380 valence electrons. The minimum absolute atomic E-state index is 0.294. The molecule has 0 bridgehead atoms. The number of hydrogen-bond donors (Lipinski definition) is 4. The van der Waals surface area contributed by atoms with Crippen molar-refractivity contribution in [3.05, 3.63) is 71.8 Å². The fourth-order valence-electron chi connectivity index (χ4n) is 8.02. The lowest BCUT2D eigenvalue weighted by Crippen LogP contribution is -2.25. The van der Waals surface area contributed by atoms with Crippen molar-refractivity contribution in [3.63, 3.8) is 0 Å². The first kappa shape index (κ1) is 58.6. The largest absolute Gasteiger partial charge is 0.450 e. The number of unbranched alkanes of at least 4 members (excludes halogenated alkanes) is 23. The second kappa shape index (κ2) is 44.1. The second-order valence-corrected chi connectivity index (χ2v) is 18.0. The highest BCUT2D eigenvalue weighted by Crippen LogP contribution is 2.29. The predicted molar refractivity (Wildman–Crippen MR) is 272 cm³/mol. The van der Waals surface area contributed by atoms with Crippen molar-refractivity contribution in [3.8, 4) is 0 Å². The molecule has 0 aliphatic heterocycles. The molecule has 0 aliphatic rings. The van der Waals surface area contributed by atoms with Crippen LogP contribution in [0.5, 0.6) is 0 Å². The van der Waals surface area contributed by atoms with Crippen LogP contribution in [0.3, 0.4) is 0 Å². The molecule has 12 heteroatoms. The van der Waals surface area contributed by atoms with Crippen LogP contribution in [-0.4, -0.2) is 77.0 Å². The first-order valence-electron chi connectivity index (χ1n) is 26.7. The number of carbonyl (C=O) groups is 4. The Morgan fingerprint density at radius 2 is 0.597 bits per heavy atom. The Labute approximate surface area is 405 Å². The number of nitrogens with one attached hydrogen (secondary N) is 4. The van der Waals surface area contributed by atoms with Crippen LogP contribution in [0.2, 0.25) is 0 Å². The van der Waals surface area contributed by atoms with E-state index in [1.807, 2.05) is 12.1 Å². The molecule has 12 nitrogen and oxygen atoms in total. The van der Waals surface area contributed by atoms with Gasteiger partial charge in [-0.15, -0.1) is 0 Å². The van der Waals surface area contributed by atoms with Gasteiger partial charge >= 0.3 is 24.4 Å². The molecule has 2 aromatic carbocycles. The first-order valence-corrected chi connectivity index (χ1v) is 26.7. The smallest absolute Gasteiger partial charge is 0.407 e. The molecule has 2 rings (SSSR count). The van der Waals surface area contributed by atoms with E-state index in [0.717, 1.165) is 116 Å². The van der Waals surface area contributed by atoms with Crippen LogP contribution in [0, 0.1) is 0 Å². The summed E-state index contributed by atoms with van der Waals surface area (Å²) in [4.78, 5) is 47.6. The van der Waals surface area contributed by atoms with E-state index < -0.39 is 0 Å². The summed E-state index contributed by atoms with van der Waals surface area (Å²) in [6, 6.07) is 21.1. The van der Waals surface area contributed by atoms with Crippen LogP contribution in [-0.2, 0) is 18.9 Å². The number of hydrogen-bond acceptors (Lipinski definition) is 8. The molecular formula is C55H92N4O8. The topological polar surface area (TPSA) is 153 Å². The zero-order valence-electron chi connectivity index (χ0n) is 41.8. The van der Waals surface area contributed by atoms with Gasteiger partial charge in [0.2, 0.25) is 0 Å². The van der Waals surface area contributed by atoms with E-state index in [9.17, 15) is 19.2 Å². The zero-order valence-corrected chi connectivity index (χ0v) is 41.8. The summed E-state index contributed by atoms with van der Waals surface area (Å²) in [5, 5.41) is 11.4. The predicted octanol–water partition coefficient (Wildman–Crippen LogP) is 14.1. The normalized spacial score (nSPS) is 11.0. The number of amides is 4. The van der Waals surface area contributed by atoms with E-state index in [1.165, 1.54) is 81.8 Å². The molecule has 2 aromatic rings. The highest BCUT2D eigenvalue weighted by molar-refractivity contribution is 5.68. The quantitative estimate of drug-likeness (QED) is 0.0379. The SMILES string of the molecule is CCCCOC(=O)NCCCCCCCCNC(=O)OCCCCCCCCCCCCOC(=O)NCCCCCCCCCCCNC(=O)OCCCC(c1ccccc1)c1ccccc1. The molecular weight excluding hydrogens is 845 g/mol. The fraction of sp³-hybridized carbons (Fsp3) is 0.709. The van der Waals surface area contributed by atoms with Gasteiger partial charge in [-0.1, -0.05) is 196 Å². The van der Waals surface area contributed by atoms with Crippen molar-refractivity contribution in [2.24, 2.45) is 0 Å². The number of carbonyl (C=O) groups excluding carboxylic acids is 4.